The van der Waals surface area contributed by atoms with Crippen molar-refractivity contribution in [2.45, 2.75) is 25.9 Å². The van der Waals surface area contributed by atoms with Crippen molar-refractivity contribution >= 4 is 11.6 Å². The van der Waals surface area contributed by atoms with Crippen LogP contribution in [0.25, 0.3) is 0 Å². The van der Waals surface area contributed by atoms with Crippen molar-refractivity contribution in [2.75, 3.05) is 12.4 Å². The number of ether oxygens (including phenoxy) is 1. The lowest BCUT2D eigenvalue weighted by molar-refractivity contribution is -0.122. The highest BCUT2D eigenvalue weighted by Gasteiger charge is 2.16. The van der Waals surface area contributed by atoms with Gasteiger partial charge in [0.05, 0.1) is 25.0 Å². The summed E-state index contributed by atoms with van der Waals surface area (Å²) in [6, 6.07) is 13.1. The van der Waals surface area contributed by atoms with Crippen LogP contribution < -0.4 is 15.4 Å². The molecule has 0 spiro atoms. The molecule has 0 aliphatic carbocycles. The van der Waals surface area contributed by atoms with E-state index < -0.39 is 0 Å². The molecule has 2 unspecified atom stereocenters. The van der Waals surface area contributed by atoms with Gasteiger partial charge in [0.1, 0.15) is 6.04 Å². The second kappa shape index (κ2) is 7.45. The molecule has 0 radical (unpaired) electrons. The molecule has 2 atom stereocenters. The van der Waals surface area contributed by atoms with Gasteiger partial charge in [-0.05, 0) is 25.5 Å². The molecule has 1 aromatic heterocycles. The van der Waals surface area contributed by atoms with E-state index in [2.05, 4.69) is 15.6 Å². The Morgan fingerprint density at radius 1 is 1.14 bits per heavy atom. The highest BCUT2D eigenvalue weighted by Crippen LogP contribution is 2.14. The summed E-state index contributed by atoms with van der Waals surface area (Å²) in [5, 5.41) is 6.11. The van der Waals surface area contributed by atoms with Crippen LogP contribution in [0.1, 0.15) is 25.5 Å². The van der Waals surface area contributed by atoms with E-state index in [9.17, 15) is 4.79 Å². The number of benzene rings is 1. The van der Waals surface area contributed by atoms with Crippen LogP contribution >= 0.6 is 0 Å². The summed E-state index contributed by atoms with van der Waals surface area (Å²) < 4.78 is 5.01. The van der Waals surface area contributed by atoms with E-state index in [0.29, 0.717) is 5.88 Å². The summed E-state index contributed by atoms with van der Waals surface area (Å²) >= 11 is 0. The molecule has 1 aromatic carbocycles. The highest BCUT2D eigenvalue weighted by molar-refractivity contribution is 5.84. The smallest absolute Gasteiger partial charge is 0.242 e. The number of methoxy groups -OCH3 is 1. The minimum absolute atomic E-state index is 0.0352. The molecule has 0 aliphatic heterocycles. The van der Waals surface area contributed by atoms with Gasteiger partial charge in [-0.2, -0.15) is 0 Å². The fourth-order valence-electron chi connectivity index (χ4n) is 2.07. The largest absolute Gasteiger partial charge is 0.481 e. The number of aromatic nitrogens is 1. The topological polar surface area (TPSA) is 63.2 Å². The van der Waals surface area contributed by atoms with Gasteiger partial charge in [-0.25, -0.2) is 4.98 Å². The van der Waals surface area contributed by atoms with E-state index in [0.717, 1.165) is 11.3 Å². The van der Waals surface area contributed by atoms with Crippen LogP contribution in [0.5, 0.6) is 5.88 Å². The Bertz CT molecular complexity index is 599. The third-order valence-corrected chi connectivity index (χ3v) is 3.38. The average Bonchev–Trinajstić information content (AvgIpc) is 2.56. The first-order chi connectivity index (χ1) is 10.6. The third kappa shape index (κ3) is 4.22. The van der Waals surface area contributed by atoms with Gasteiger partial charge in [0, 0.05) is 6.07 Å². The molecule has 5 nitrogen and oxygen atoms in total. The predicted octanol–water partition coefficient (Wildman–Crippen LogP) is 2.77. The van der Waals surface area contributed by atoms with E-state index in [1.165, 1.54) is 0 Å². The Hall–Kier alpha value is -2.56. The molecule has 0 saturated heterocycles. The number of rotatable bonds is 6. The van der Waals surface area contributed by atoms with Crippen LogP contribution in [-0.4, -0.2) is 24.0 Å². The standard InChI is InChI=1S/C17H21N3O2/c1-12(14-7-5-4-6-8-14)20-17(21)13(2)19-15-9-10-16(22-3)18-11-15/h4-13,19H,1-3H3,(H,20,21). The zero-order chi connectivity index (χ0) is 15.9. The van der Waals surface area contributed by atoms with Crippen molar-refractivity contribution in [3.05, 3.63) is 54.2 Å². The molecular formula is C17H21N3O2. The maximum Gasteiger partial charge on any atom is 0.242 e. The summed E-state index contributed by atoms with van der Waals surface area (Å²) in [5.74, 6) is 0.479. The fraction of sp³-hybridized carbons (Fsp3) is 0.294. The number of hydrogen-bond donors (Lipinski definition) is 2. The molecule has 2 aromatic rings. The lowest BCUT2D eigenvalue weighted by Crippen LogP contribution is -2.38. The number of hydrogen-bond acceptors (Lipinski definition) is 4. The van der Waals surface area contributed by atoms with E-state index >= 15 is 0 Å². The normalized spacial score (nSPS) is 13.0. The summed E-state index contributed by atoms with van der Waals surface area (Å²) in [6.45, 7) is 3.78. The van der Waals surface area contributed by atoms with Crippen LogP contribution in [0, 0.1) is 0 Å². The molecule has 0 fully saturated rings. The second-order valence-corrected chi connectivity index (χ2v) is 5.10. The number of amides is 1. The number of anilines is 1. The van der Waals surface area contributed by atoms with E-state index in [-0.39, 0.29) is 18.0 Å². The first-order valence-corrected chi connectivity index (χ1v) is 7.22. The van der Waals surface area contributed by atoms with Crippen molar-refractivity contribution in [2.24, 2.45) is 0 Å². The number of pyridine rings is 1. The highest BCUT2D eigenvalue weighted by atomic mass is 16.5. The first-order valence-electron chi connectivity index (χ1n) is 7.22. The van der Waals surface area contributed by atoms with Crippen molar-refractivity contribution in [3.8, 4) is 5.88 Å². The molecule has 0 aliphatic rings. The molecular weight excluding hydrogens is 278 g/mol. The van der Waals surface area contributed by atoms with Gasteiger partial charge in [-0.1, -0.05) is 30.3 Å². The number of nitrogens with zero attached hydrogens (tertiary/aromatic N) is 1. The third-order valence-electron chi connectivity index (χ3n) is 3.38. The molecule has 22 heavy (non-hydrogen) atoms. The monoisotopic (exact) mass is 299 g/mol. The molecule has 1 heterocycles. The van der Waals surface area contributed by atoms with Gasteiger partial charge in [0.15, 0.2) is 0 Å². The summed E-state index contributed by atoms with van der Waals surface area (Å²) in [6.07, 6.45) is 1.64. The van der Waals surface area contributed by atoms with Gasteiger partial charge >= 0.3 is 0 Å². The second-order valence-electron chi connectivity index (χ2n) is 5.10. The van der Waals surface area contributed by atoms with Crippen LogP contribution in [-0.2, 0) is 4.79 Å². The molecule has 0 saturated carbocycles. The van der Waals surface area contributed by atoms with Crippen molar-refractivity contribution < 1.29 is 9.53 Å². The van der Waals surface area contributed by atoms with Crippen molar-refractivity contribution in [3.63, 3.8) is 0 Å². The Kier molecular flexibility index (Phi) is 5.36. The summed E-state index contributed by atoms with van der Waals surface area (Å²) in [7, 11) is 1.57. The summed E-state index contributed by atoms with van der Waals surface area (Å²) in [4.78, 5) is 16.3. The predicted molar refractivity (Wildman–Crippen MR) is 86.9 cm³/mol. The van der Waals surface area contributed by atoms with Gasteiger partial charge in [0.25, 0.3) is 0 Å². The number of nitrogens with one attached hydrogen (secondary N) is 2. The Morgan fingerprint density at radius 2 is 1.86 bits per heavy atom. The van der Waals surface area contributed by atoms with Crippen LogP contribution in [0.15, 0.2) is 48.7 Å². The molecule has 0 bridgehead atoms. The SMILES string of the molecule is COc1ccc(NC(C)C(=O)NC(C)c2ccccc2)cn1. The van der Waals surface area contributed by atoms with Crippen LogP contribution in [0.3, 0.4) is 0 Å². The van der Waals surface area contributed by atoms with Gasteiger partial charge < -0.3 is 15.4 Å². The number of carbonyl (C=O) groups excluding carboxylic acids is 1. The van der Waals surface area contributed by atoms with Gasteiger partial charge in [-0.15, -0.1) is 0 Å². The zero-order valence-corrected chi connectivity index (χ0v) is 13.0. The molecule has 5 heteroatoms. The zero-order valence-electron chi connectivity index (χ0n) is 13.0. The van der Waals surface area contributed by atoms with E-state index in [4.69, 9.17) is 4.74 Å². The van der Waals surface area contributed by atoms with Crippen LogP contribution in [0.2, 0.25) is 0 Å². The average molecular weight is 299 g/mol. The maximum absolute atomic E-state index is 12.2. The Morgan fingerprint density at radius 3 is 2.45 bits per heavy atom. The van der Waals surface area contributed by atoms with E-state index in [1.807, 2.05) is 50.2 Å². The minimum atomic E-state index is -0.360. The quantitative estimate of drug-likeness (QED) is 0.861. The molecule has 116 valence electrons. The fourth-order valence-corrected chi connectivity index (χ4v) is 2.07. The Labute approximate surface area is 130 Å². The molecule has 2 rings (SSSR count). The van der Waals surface area contributed by atoms with Gasteiger partial charge in [0.2, 0.25) is 11.8 Å². The van der Waals surface area contributed by atoms with Crippen molar-refractivity contribution in [1.82, 2.24) is 10.3 Å². The number of carbonyl (C=O) groups is 1. The van der Waals surface area contributed by atoms with Crippen LogP contribution in [0.4, 0.5) is 5.69 Å². The van der Waals surface area contributed by atoms with Gasteiger partial charge in [-0.3, -0.25) is 4.79 Å². The minimum Gasteiger partial charge on any atom is -0.481 e. The molecule has 2 N–H and O–H groups in total. The first kappa shape index (κ1) is 15.8. The lowest BCUT2D eigenvalue weighted by atomic mass is 10.1. The lowest BCUT2D eigenvalue weighted by Gasteiger charge is -2.19. The maximum atomic E-state index is 12.2. The molecule has 1 amide bonds. The van der Waals surface area contributed by atoms with Crippen molar-refractivity contribution in [1.29, 1.82) is 0 Å². The summed E-state index contributed by atoms with van der Waals surface area (Å²) in [5.41, 5.74) is 1.85. The van der Waals surface area contributed by atoms with E-state index in [1.54, 1.807) is 19.4 Å². The Balaban J connectivity index is 1.91.